The van der Waals surface area contributed by atoms with Crippen molar-refractivity contribution >= 4 is 11.9 Å². The molecule has 0 aliphatic heterocycles. The number of carbonyl (C=O) groups is 2. The second-order valence-corrected chi connectivity index (χ2v) is 6.46. The van der Waals surface area contributed by atoms with Gasteiger partial charge in [-0.05, 0) is 37.1 Å². The van der Waals surface area contributed by atoms with Gasteiger partial charge in [0, 0.05) is 0 Å². The zero-order valence-corrected chi connectivity index (χ0v) is 15.9. The molecule has 4 heteroatoms. The predicted molar refractivity (Wildman–Crippen MR) is 107 cm³/mol. The van der Waals surface area contributed by atoms with E-state index in [9.17, 15) is 9.59 Å². The third-order valence-corrected chi connectivity index (χ3v) is 4.47. The lowest BCUT2D eigenvalue weighted by molar-refractivity contribution is 0.0288. The molecule has 28 heavy (non-hydrogen) atoms. The number of hydrogen-bond acceptors (Lipinski definition) is 4. The second-order valence-electron chi connectivity index (χ2n) is 6.46. The molecular formula is C24H22O4. The fourth-order valence-electron chi connectivity index (χ4n) is 2.87. The first-order valence-electron chi connectivity index (χ1n) is 9.17. The van der Waals surface area contributed by atoms with E-state index in [4.69, 9.17) is 9.47 Å². The van der Waals surface area contributed by atoms with E-state index in [0.717, 1.165) is 11.1 Å². The van der Waals surface area contributed by atoms with Gasteiger partial charge in [-0.25, -0.2) is 9.59 Å². The molecule has 0 aliphatic rings. The first kappa shape index (κ1) is 19.4. The third-order valence-electron chi connectivity index (χ3n) is 4.47. The Hall–Kier alpha value is -3.40. The number of esters is 2. The summed E-state index contributed by atoms with van der Waals surface area (Å²) in [6, 6.07) is 25.4. The normalized spacial score (nSPS) is 12.6. The highest BCUT2D eigenvalue weighted by atomic mass is 16.5. The molecule has 0 saturated carbocycles. The first-order valence-corrected chi connectivity index (χ1v) is 9.17. The van der Waals surface area contributed by atoms with Crippen LogP contribution >= 0.6 is 0 Å². The molecule has 3 aromatic carbocycles. The molecule has 0 spiro atoms. The van der Waals surface area contributed by atoms with Crippen molar-refractivity contribution in [2.75, 3.05) is 0 Å². The molecule has 0 N–H and O–H groups in total. The maximum atomic E-state index is 12.7. The van der Waals surface area contributed by atoms with Crippen molar-refractivity contribution in [1.82, 2.24) is 0 Å². The van der Waals surface area contributed by atoms with Crippen LogP contribution in [0.3, 0.4) is 0 Å². The molecule has 0 amide bonds. The van der Waals surface area contributed by atoms with Gasteiger partial charge in [-0.15, -0.1) is 0 Å². The minimum Gasteiger partial charge on any atom is -0.454 e. The molecule has 3 aromatic rings. The molecule has 2 atom stereocenters. The molecule has 0 unspecified atom stereocenters. The zero-order chi connectivity index (χ0) is 19.9. The average Bonchev–Trinajstić information content (AvgIpc) is 2.74. The van der Waals surface area contributed by atoms with E-state index in [1.807, 2.05) is 60.7 Å². The largest absolute Gasteiger partial charge is 0.454 e. The molecule has 0 fully saturated rings. The minimum absolute atomic E-state index is 0.190. The number of carbonyl (C=O) groups excluding carboxylic acids is 2. The summed E-state index contributed by atoms with van der Waals surface area (Å²) in [7, 11) is 0. The summed E-state index contributed by atoms with van der Waals surface area (Å²) in [5.74, 6) is -1.12. The monoisotopic (exact) mass is 374 g/mol. The van der Waals surface area contributed by atoms with E-state index in [1.54, 1.807) is 38.1 Å². The molecule has 0 aromatic heterocycles. The van der Waals surface area contributed by atoms with E-state index in [0.29, 0.717) is 0 Å². The van der Waals surface area contributed by atoms with Crippen LogP contribution in [0.15, 0.2) is 84.9 Å². The highest BCUT2D eigenvalue weighted by molar-refractivity contribution is 6.03. The first-order chi connectivity index (χ1) is 13.6. The lowest BCUT2D eigenvalue weighted by Gasteiger charge is -2.17. The Balaban J connectivity index is 1.75. The van der Waals surface area contributed by atoms with Crippen LogP contribution in [0.2, 0.25) is 0 Å². The lowest BCUT2D eigenvalue weighted by atomic mass is 10.1. The van der Waals surface area contributed by atoms with Crippen LogP contribution in [0.1, 0.15) is 57.9 Å². The van der Waals surface area contributed by atoms with Crippen molar-refractivity contribution in [3.63, 3.8) is 0 Å². The fourth-order valence-corrected chi connectivity index (χ4v) is 2.87. The standard InChI is InChI=1S/C24H22O4/c1-17(19-11-5-3-6-12-19)27-23(25)21-15-9-10-16-22(21)24(26)28-18(2)20-13-7-4-8-14-20/h3-18H,1-2H3/t17-,18-/m1/s1. The topological polar surface area (TPSA) is 52.6 Å². The summed E-state index contributed by atoms with van der Waals surface area (Å²) < 4.78 is 11.1. The van der Waals surface area contributed by atoms with Crippen LogP contribution in [-0.4, -0.2) is 11.9 Å². The van der Waals surface area contributed by atoms with Crippen molar-refractivity contribution in [3.8, 4) is 0 Å². The van der Waals surface area contributed by atoms with Gasteiger partial charge in [0.25, 0.3) is 0 Å². The van der Waals surface area contributed by atoms with Gasteiger partial charge in [-0.3, -0.25) is 0 Å². The van der Waals surface area contributed by atoms with E-state index in [-0.39, 0.29) is 11.1 Å². The average molecular weight is 374 g/mol. The molecule has 0 heterocycles. The number of rotatable bonds is 6. The van der Waals surface area contributed by atoms with E-state index in [1.165, 1.54) is 0 Å². The molecule has 0 saturated heterocycles. The Labute approximate surface area is 164 Å². The van der Waals surface area contributed by atoms with Gasteiger partial charge in [-0.2, -0.15) is 0 Å². The summed E-state index contributed by atoms with van der Waals surface area (Å²) in [5.41, 5.74) is 2.15. The maximum absolute atomic E-state index is 12.7. The summed E-state index contributed by atoms with van der Waals surface area (Å²) in [5, 5.41) is 0. The quantitative estimate of drug-likeness (QED) is 0.533. The second kappa shape index (κ2) is 9.00. The Kier molecular flexibility index (Phi) is 6.22. The fraction of sp³-hybridized carbons (Fsp3) is 0.167. The molecule has 142 valence electrons. The Morgan fingerprint density at radius 2 is 0.893 bits per heavy atom. The van der Waals surface area contributed by atoms with Crippen LogP contribution < -0.4 is 0 Å². The molecule has 0 aliphatic carbocycles. The Bertz CT molecular complexity index is 857. The van der Waals surface area contributed by atoms with E-state index >= 15 is 0 Å². The van der Waals surface area contributed by atoms with Crippen molar-refractivity contribution in [1.29, 1.82) is 0 Å². The number of ether oxygens (including phenoxy) is 2. The molecule has 4 nitrogen and oxygen atoms in total. The maximum Gasteiger partial charge on any atom is 0.339 e. The molecule has 0 radical (unpaired) electrons. The smallest absolute Gasteiger partial charge is 0.339 e. The number of hydrogen-bond donors (Lipinski definition) is 0. The Morgan fingerprint density at radius 3 is 1.25 bits per heavy atom. The predicted octanol–water partition coefficient (Wildman–Crippen LogP) is 5.52. The third kappa shape index (κ3) is 4.65. The van der Waals surface area contributed by atoms with Gasteiger partial charge in [0.05, 0.1) is 11.1 Å². The minimum atomic E-state index is -0.559. The van der Waals surface area contributed by atoms with Crippen molar-refractivity contribution < 1.29 is 19.1 Å². The Morgan fingerprint density at radius 1 is 0.571 bits per heavy atom. The molecule has 0 bridgehead atoms. The van der Waals surface area contributed by atoms with Gasteiger partial charge in [-0.1, -0.05) is 72.8 Å². The van der Waals surface area contributed by atoms with Gasteiger partial charge >= 0.3 is 11.9 Å². The van der Waals surface area contributed by atoms with Crippen molar-refractivity contribution in [3.05, 3.63) is 107 Å². The van der Waals surface area contributed by atoms with Crippen LogP contribution in [-0.2, 0) is 9.47 Å². The lowest BCUT2D eigenvalue weighted by Crippen LogP contribution is -2.16. The van der Waals surface area contributed by atoms with Crippen molar-refractivity contribution in [2.24, 2.45) is 0 Å². The molecular weight excluding hydrogens is 352 g/mol. The highest BCUT2D eigenvalue weighted by Crippen LogP contribution is 2.22. The van der Waals surface area contributed by atoms with Gasteiger partial charge in [0.2, 0.25) is 0 Å². The van der Waals surface area contributed by atoms with Crippen LogP contribution in [0.4, 0.5) is 0 Å². The summed E-state index contributed by atoms with van der Waals surface area (Å²) >= 11 is 0. The summed E-state index contributed by atoms with van der Waals surface area (Å²) in [6.07, 6.45) is -0.859. The van der Waals surface area contributed by atoms with Crippen LogP contribution in [0.25, 0.3) is 0 Å². The SMILES string of the molecule is C[C@@H](OC(=O)c1ccccc1C(=O)O[C@H](C)c1ccccc1)c1ccccc1. The summed E-state index contributed by atoms with van der Waals surface area (Å²) in [4.78, 5) is 25.4. The van der Waals surface area contributed by atoms with Gasteiger partial charge in [0.1, 0.15) is 12.2 Å². The van der Waals surface area contributed by atoms with E-state index < -0.39 is 24.1 Å². The van der Waals surface area contributed by atoms with Gasteiger partial charge < -0.3 is 9.47 Å². The van der Waals surface area contributed by atoms with Gasteiger partial charge in [0.15, 0.2) is 0 Å². The highest BCUT2D eigenvalue weighted by Gasteiger charge is 2.22. The van der Waals surface area contributed by atoms with Crippen LogP contribution in [0.5, 0.6) is 0 Å². The van der Waals surface area contributed by atoms with Crippen LogP contribution in [0, 0.1) is 0 Å². The molecule has 3 rings (SSSR count). The van der Waals surface area contributed by atoms with E-state index in [2.05, 4.69) is 0 Å². The number of benzene rings is 3. The van der Waals surface area contributed by atoms with Crippen molar-refractivity contribution in [2.45, 2.75) is 26.1 Å². The zero-order valence-electron chi connectivity index (χ0n) is 15.9. The summed E-state index contributed by atoms with van der Waals surface area (Å²) in [6.45, 7) is 3.59.